The fourth-order valence-electron chi connectivity index (χ4n) is 7.73. The van der Waals surface area contributed by atoms with Gasteiger partial charge in [-0.25, -0.2) is 19.2 Å². The van der Waals surface area contributed by atoms with E-state index in [2.05, 4.69) is 11.9 Å². The molecule has 360 valence electrons. The minimum atomic E-state index is -3.53. The molecule has 2 saturated heterocycles. The summed E-state index contributed by atoms with van der Waals surface area (Å²) >= 11 is 0. The van der Waals surface area contributed by atoms with E-state index in [4.69, 9.17) is 42.6 Å². The Morgan fingerprint density at radius 3 is 1.82 bits per heavy atom. The van der Waals surface area contributed by atoms with Crippen LogP contribution in [-0.4, -0.2) is 106 Å². The SMILES string of the molecule is C=C(CC[C@@]12O[C@H](C(=O)OC(C)(C)C)[C@@](O)(C(=O)OC(C)(C)C)[C@@](C(=O)OC(C)(C)C)(O1)[C@H](OC(=O)NCc1ccccc1)[C@H]2OC(C)(C)OC)C(OC(C)=O)C(C)Cc1ccccc1. The Kier molecular flexibility index (Phi) is 16.2. The zero-order valence-electron chi connectivity index (χ0n) is 40.4. The van der Waals surface area contributed by atoms with Gasteiger partial charge in [0.15, 0.2) is 18.0 Å². The third-order valence-corrected chi connectivity index (χ3v) is 10.6. The highest BCUT2D eigenvalue weighted by atomic mass is 16.8. The maximum atomic E-state index is 15.4. The van der Waals surface area contributed by atoms with Crippen LogP contribution in [0.3, 0.4) is 0 Å². The molecule has 0 aliphatic carbocycles. The van der Waals surface area contributed by atoms with Gasteiger partial charge in [-0.2, -0.15) is 0 Å². The molecule has 16 heteroatoms. The van der Waals surface area contributed by atoms with Gasteiger partial charge in [-0.05, 0) is 106 Å². The van der Waals surface area contributed by atoms with Crippen LogP contribution < -0.4 is 5.32 Å². The average molecular weight is 912 g/mol. The number of ether oxygens (including phenoxy) is 9. The Hall–Kier alpha value is -4.87. The van der Waals surface area contributed by atoms with Gasteiger partial charge in [0.1, 0.15) is 22.9 Å². The minimum absolute atomic E-state index is 0.0567. The third kappa shape index (κ3) is 12.7. The highest BCUT2D eigenvalue weighted by molar-refractivity contribution is 6.00. The van der Waals surface area contributed by atoms with E-state index >= 15 is 4.79 Å². The van der Waals surface area contributed by atoms with Crippen LogP contribution >= 0.6 is 0 Å². The average Bonchev–Trinajstić information content (AvgIpc) is 3.41. The van der Waals surface area contributed by atoms with E-state index in [1.165, 1.54) is 69.4 Å². The summed E-state index contributed by atoms with van der Waals surface area (Å²) in [6.45, 7) is 24.2. The summed E-state index contributed by atoms with van der Waals surface area (Å²) in [6, 6.07) is 18.4. The van der Waals surface area contributed by atoms with Gasteiger partial charge in [0.05, 0.1) is 0 Å². The number of carbonyl (C=O) groups excluding carboxylic acids is 5. The van der Waals surface area contributed by atoms with E-state index in [0.717, 1.165) is 5.56 Å². The molecule has 8 atom stereocenters. The molecule has 0 radical (unpaired) electrons. The molecular formula is C49H69NO15. The van der Waals surface area contributed by atoms with Crippen LogP contribution in [0.1, 0.15) is 114 Å². The van der Waals surface area contributed by atoms with Gasteiger partial charge < -0.3 is 53.1 Å². The summed E-state index contributed by atoms with van der Waals surface area (Å²) in [5.41, 5.74) is -8.68. The molecule has 0 aromatic heterocycles. The van der Waals surface area contributed by atoms with Crippen molar-refractivity contribution in [2.75, 3.05) is 7.11 Å². The largest absolute Gasteiger partial charge is 0.458 e. The highest BCUT2D eigenvalue weighted by Gasteiger charge is 2.87. The Balaban J connectivity index is 2.04. The zero-order valence-corrected chi connectivity index (χ0v) is 40.4. The fourth-order valence-corrected chi connectivity index (χ4v) is 7.73. The molecule has 2 aromatic rings. The monoisotopic (exact) mass is 911 g/mol. The van der Waals surface area contributed by atoms with Crippen molar-refractivity contribution < 1.29 is 71.7 Å². The van der Waals surface area contributed by atoms with Crippen molar-refractivity contribution in [3.05, 3.63) is 83.9 Å². The molecule has 2 bridgehead atoms. The van der Waals surface area contributed by atoms with Gasteiger partial charge in [0.25, 0.3) is 5.60 Å². The van der Waals surface area contributed by atoms with Gasteiger partial charge in [0, 0.05) is 32.9 Å². The number of carbonyl (C=O) groups is 5. The molecule has 1 amide bonds. The molecule has 2 N–H and O–H groups in total. The Morgan fingerprint density at radius 2 is 1.31 bits per heavy atom. The standard InChI is InChI=1S/C49H69NO15/c1-30(35(58-32(3)51)31(2)28-33-22-18-16-19-23-33)26-27-47-36(60-46(13,14)57-15)37(59-42(55)50-29-34-24-20-17-21-25-34)49(65-47,41(54)64-45(10,11)12)48(56,40(53)63-44(7,8)9)38(61-47)39(52)62-43(4,5)6/h16-25,31,35-38,56H,1,26-29H2,2-15H3,(H,50,55)/t31?,35?,36-,37-,38-,47-,48-,49-/m1/s1. The van der Waals surface area contributed by atoms with Crippen molar-refractivity contribution in [3.8, 4) is 0 Å². The maximum absolute atomic E-state index is 15.4. The maximum Gasteiger partial charge on any atom is 0.407 e. The first-order valence-electron chi connectivity index (χ1n) is 21.8. The smallest absolute Gasteiger partial charge is 0.407 e. The Labute approximate surface area is 382 Å². The van der Waals surface area contributed by atoms with E-state index in [9.17, 15) is 24.3 Å². The first-order chi connectivity index (χ1) is 29.9. The predicted molar refractivity (Wildman–Crippen MR) is 237 cm³/mol. The van der Waals surface area contributed by atoms with Crippen molar-refractivity contribution in [1.82, 2.24) is 5.32 Å². The van der Waals surface area contributed by atoms with Gasteiger partial charge >= 0.3 is 30.0 Å². The molecule has 0 spiro atoms. The molecule has 2 heterocycles. The second-order valence-corrected chi connectivity index (χ2v) is 20.1. The summed E-state index contributed by atoms with van der Waals surface area (Å²) < 4.78 is 55.4. The van der Waals surface area contributed by atoms with E-state index < -0.39 is 94.0 Å². The number of fused-ring (bicyclic) bond motifs is 2. The number of hydrogen-bond acceptors (Lipinski definition) is 15. The fraction of sp³-hybridized carbons (Fsp3) is 0.612. The highest BCUT2D eigenvalue weighted by Crippen LogP contribution is 2.58. The molecule has 2 aromatic carbocycles. The number of rotatable bonds is 17. The van der Waals surface area contributed by atoms with E-state index in [1.807, 2.05) is 37.3 Å². The number of aliphatic hydroxyl groups is 1. The number of amides is 1. The summed E-state index contributed by atoms with van der Waals surface area (Å²) in [4.78, 5) is 71.8. The summed E-state index contributed by atoms with van der Waals surface area (Å²) in [6.07, 6.45) is -8.48. The first-order valence-corrected chi connectivity index (χ1v) is 21.8. The lowest BCUT2D eigenvalue weighted by molar-refractivity contribution is -0.387. The molecule has 2 aliphatic heterocycles. The number of benzene rings is 2. The predicted octanol–water partition coefficient (Wildman–Crippen LogP) is 6.82. The number of esters is 4. The lowest BCUT2D eigenvalue weighted by Gasteiger charge is -2.51. The van der Waals surface area contributed by atoms with Crippen molar-refractivity contribution >= 4 is 30.0 Å². The second-order valence-electron chi connectivity index (χ2n) is 20.1. The van der Waals surface area contributed by atoms with Gasteiger partial charge in [-0.1, -0.05) is 74.2 Å². The van der Waals surface area contributed by atoms with Crippen molar-refractivity contribution in [1.29, 1.82) is 0 Å². The van der Waals surface area contributed by atoms with Crippen LogP contribution in [0.15, 0.2) is 72.8 Å². The zero-order chi connectivity index (χ0) is 49.0. The normalized spacial score (nSPS) is 25.4. The lowest BCUT2D eigenvalue weighted by atomic mass is 9.74. The summed E-state index contributed by atoms with van der Waals surface area (Å²) in [5.74, 6) is -9.23. The quantitative estimate of drug-likeness (QED) is 0.0725. The van der Waals surface area contributed by atoms with E-state index in [0.29, 0.717) is 17.6 Å². The van der Waals surface area contributed by atoms with Crippen LogP contribution in [0.4, 0.5) is 4.79 Å². The first kappa shape index (κ1) is 52.8. The van der Waals surface area contributed by atoms with Crippen LogP contribution in [0.2, 0.25) is 0 Å². The van der Waals surface area contributed by atoms with E-state index in [-0.39, 0.29) is 25.3 Å². The number of nitrogens with one attached hydrogen (secondary N) is 1. The Morgan fingerprint density at radius 1 is 0.785 bits per heavy atom. The topological polar surface area (TPSA) is 201 Å². The van der Waals surface area contributed by atoms with Gasteiger partial charge in [0.2, 0.25) is 17.5 Å². The van der Waals surface area contributed by atoms with Gasteiger partial charge in [-0.3, -0.25) is 4.79 Å². The van der Waals surface area contributed by atoms with Crippen LogP contribution in [0.5, 0.6) is 0 Å². The molecule has 2 aliphatic rings. The van der Waals surface area contributed by atoms with Crippen molar-refractivity contribution in [3.63, 3.8) is 0 Å². The molecule has 2 unspecified atom stereocenters. The molecule has 4 rings (SSSR count). The number of hydrogen-bond donors (Lipinski definition) is 2. The summed E-state index contributed by atoms with van der Waals surface area (Å²) in [5, 5.41) is 16.0. The van der Waals surface area contributed by atoms with Crippen molar-refractivity contribution in [2.24, 2.45) is 5.92 Å². The summed E-state index contributed by atoms with van der Waals surface area (Å²) in [7, 11) is 1.34. The van der Waals surface area contributed by atoms with Crippen LogP contribution in [-0.2, 0) is 74.8 Å². The number of alkyl carbamates (subject to hydrolysis) is 1. The van der Waals surface area contributed by atoms with Crippen LogP contribution in [0, 0.1) is 5.92 Å². The third-order valence-electron chi connectivity index (χ3n) is 10.6. The molecule has 16 nitrogen and oxygen atoms in total. The minimum Gasteiger partial charge on any atom is -0.458 e. The molecular weight excluding hydrogens is 843 g/mol. The van der Waals surface area contributed by atoms with Crippen molar-refractivity contribution in [2.45, 2.75) is 180 Å². The molecule has 0 saturated carbocycles. The van der Waals surface area contributed by atoms with Crippen LogP contribution in [0.25, 0.3) is 0 Å². The van der Waals surface area contributed by atoms with Gasteiger partial charge in [-0.15, -0.1) is 0 Å². The Bertz CT molecular complexity index is 2020. The lowest BCUT2D eigenvalue weighted by Crippen LogP contribution is -2.79. The molecule has 2 fully saturated rings. The second kappa shape index (κ2) is 19.9. The molecule has 65 heavy (non-hydrogen) atoms. The van der Waals surface area contributed by atoms with E-state index in [1.54, 1.807) is 51.1 Å². The number of methoxy groups -OCH3 is 1.